The number of halogens is 1. The van der Waals surface area contributed by atoms with E-state index in [0.717, 1.165) is 49.2 Å². The quantitative estimate of drug-likeness (QED) is 0.728. The predicted octanol–water partition coefficient (Wildman–Crippen LogP) is 2.94. The van der Waals surface area contributed by atoms with E-state index in [1.54, 1.807) is 23.9 Å². The molecule has 0 bridgehead atoms. The molecule has 2 aromatic rings. The topological polar surface area (TPSA) is 61.4 Å². The van der Waals surface area contributed by atoms with Crippen LogP contribution < -0.4 is 10.2 Å². The van der Waals surface area contributed by atoms with Crippen LogP contribution in [0, 0.1) is 5.82 Å². The Morgan fingerprint density at radius 2 is 2.00 bits per heavy atom. The molecule has 3 rings (SSSR count). The SMILES string of the molecule is CCCSc1nsc(NC(=O)CN2CCN(c3ccc(F)cc3)CC2)n1. The number of benzene rings is 1. The molecule has 9 heteroatoms. The van der Waals surface area contributed by atoms with Gasteiger partial charge in [0.1, 0.15) is 5.82 Å². The zero-order valence-electron chi connectivity index (χ0n) is 14.7. The molecule has 1 aromatic carbocycles. The van der Waals surface area contributed by atoms with Gasteiger partial charge in [-0.05, 0) is 30.7 Å². The molecule has 1 fully saturated rings. The lowest BCUT2D eigenvalue weighted by Crippen LogP contribution is -2.48. The number of nitrogens with one attached hydrogen (secondary N) is 1. The maximum atomic E-state index is 13.0. The van der Waals surface area contributed by atoms with Gasteiger partial charge in [-0.15, -0.1) is 0 Å². The number of carbonyl (C=O) groups excluding carboxylic acids is 1. The Morgan fingerprint density at radius 1 is 1.27 bits per heavy atom. The zero-order chi connectivity index (χ0) is 18.4. The zero-order valence-corrected chi connectivity index (χ0v) is 16.3. The third kappa shape index (κ3) is 5.39. The highest BCUT2D eigenvalue weighted by Gasteiger charge is 2.20. The number of hydrogen-bond donors (Lipinski definition) is 1. The molecular formula is C17H22FN5OS2. The van der Waals surface area contributed by atoms with Crippen LogP contribution in [0.15, 0.2) is 29.4 Å². The Morgan fingerprint density at radius 3 is 2.69 bits per heavy atom. The van der Waals surface area contributed by atoms with Crippen molar-refractivity contribution in [2.24, 2.45) is 0 Å². The van der Waals surface area contributed by atoms with E-state index in [1.165, 1.54) is 23.7 Å². The fourth-order valence-electron chi connectivity index (χ4n) is 2.69. The van der Waals surface area contributed by atoms with E-state index in [2.05, 4.69) is 31.4 Å². The van der Waals surface area contributed by atoms with Crippen LogP contribution >= 0.6 is 23.3 Å². The molecule has 1 N–H and O–H groups in total. The molecule has 0 atom stereocenters. The minimum atomic E-state index is -0.225. The third-order valence-corrected chi connectivity index (χ3v) is 5.82. The van der Waals surface area contributed by atoms with Gasteiger partial charge in [-0.2, -0.15) is 9.36 Å². The summed E-state index contributed by atoms with van der Waals surface area (Å²) in [6.45, 7) is 5.66. The average molecular weight is 396 g/mol. The van der Waals surface area contributed by atoms with E-state index in [4.69, 9.17) is 0 Å². The molecule has 6 nitrogen and oxygen atoms in total. The van der Waals surface area contributed by atoms with Crippen LogP contribution in [0.1, 0.15) is 13.3 Å². The van der Waals surface area contributed by atoms with Crippen molar-refractivity contribution < 1.29 is 9.18 Å². The molecule has 1 aliphatic heterocycles. The highest BCUT2D eigenvalue weighted by atomic mass is 32.2. The maximum Gasteiger partial charge on any atom is 0.240 e. The molecule has 0 unspecified atom stereocenters. The smallest absolute Gasteiger partial charge is 0.240 e. The van der Waals surface area contributed by atoms with E-state index in [1.807, 2.05) is 0 Å². The Hall–Kier alpha value is -1.71. The third-order valence-electron chi connectivity index (χ3n) is 4.02. The van der Waals surface area contributed by atoms with E-state index in [-0.39, 0.29) is 11.7 Å². The minimum absolute atomic E-state index is 0.0663. The van der Waals surface area contributed by atoms with Crippen LogP contribution in [0.5, 0.6) is 0 Å². The summed E-state index contributed by atoms with van der Waals surface area (Å²) in [5.41, 5.74) is 1.02. The van der Waals surface area contributed by atoms with Gasteiger partial charge < -0.3 is 4.90 Å². The van der Waals surface area contributed by atoms with Crippen LogP contribution in [-0.4, -0.2) is 58.6 Å². The summed E-state index contributed by atoms with van der Waals surface area (Å²) in [7, 11) is 0. The number of carbonyl (C=O) groups is 1. The first kappa shape index (κ1) is 19.1. The normalized spacial score (nSPS) is 15.2. The van der Waals surface area contributed by atoms with E-state index in [9.17, 15) is 9.18 Å². The maximum absolute atomic E-state index is 13.0. The van der Waals surface area contributed by atoms with Crippen molar-refractivity contribution in [2.45, 2.75) is 18.5 Å². The van der Waals surface area contributed by atoms with Crippen molar-refractivity contribution in [3.63, 3.8) is 0 Å². The van der Waals surface area contributed by atoms with Crippen molar-refractivity contribution in [2.75, 3.05) is 48.7 Å². The number of anilines is 2. The van der Waals surface area contributed by atoms with Crippen molar-refractivity contribution in [3.05, 3.63) is 30.1 Å². The fourth-order valence-corrected chi connectivity index (χ4v) is 4.11. The largest absolute Gasteiger partial charge is 0.369 e. The molecule has 2 heterocycles. The highest BCUT2D eigenvalue weighted by molar-refractivity contribution is 7.99. The van der Waals surface area contributed by atoms with E-state index < -0.39 is 0 Å². The number of nitrogens with zero attached hydrogens (tertiary/aromatic N) is 4. The van der Waals surface area contributed by atoms with Crippen LogP contribution in [0.2, 0.25) is 0 Å². The first-order chi connectivity index (χ1) is 12.6. The molecule has 0 saturated carbocycles. The summed E-state index contributed by atoms with van der Waals surface area (Å²) in [5.74, 6) is 0.683. The fraction of sp³-hybridized carbons (Fsp3) is 0.471. The first-order valence-corrected chi connectivity index (χ1v) is 10.4. The van der Waals surface area contributed by atoms with Crippen molar-refractivity contribution in [3.8, 4) is 0 Å². The molecule has 1 saturated heterocycles. The molecule has 1 amide bonds. The van der Waals surface area contributed by atoms with Crippen LogP contribution in [-0.2, 0) is 4.79 Å². The van der Waals surface area contributed by atoms with Gasteiger partial charge in [0, 0.05) is 49.2 Å². The Balaban J connectivity index is 1.43. The van der Waals surface area contributed by atoms with E-state index in [0.29, 0.717) is 11.7 Å². The van der Waals surface area contributed by atoms with Crippen LogP contribution in [0.3, 0.4) is 0 Å². The van der Waals surface area contributed by atoms with Gasteiger partial charge in [-0.25, -0.2) is 4.39 Å². The standard InChI is InChI=1S/C17H22FN5OS2/c1-2-11-25-17-20-16(26-21-17)19-15(24)12-22-7-9-23(10-8-22)14-5-3-13(18)4-6-14/h3-6H,2,7-12H2,1H3,(H,19,20,21,24). The number of hydrogen-bond acceptors (Lipinski definition) is 7. The summed E-state index contributed by atoms with van der Waals surface area (Å²) in [6, 6.07) is 6.54. The molecule has 1 aromatic heterocycles. The van der Waals surface area contributed by atoms with Gasteiger partial charge in [0.05, 0.1) is 6.54 Å². The van der Waals surface area contributed by atoms with Gasteiger partial charge in [0.15, 0.2) is 0 Å². The van der Waals surface area contributed by atoms with Crippen molar-refractivity contribution in [1.29, 1.82) is 0 Å². The molecule has 0 radical (unpaired) electrons. The van der Waals surface area contributed by atoms with Crippen LogP contribution in [0.25, 0.3) is 0 Å². The van der Waals surface area contributed by atoms with Gasteiger partial charge >= 0.3 is 0 Å². The Bertz CT molecular complexity index is 716. The molecule has 140 valence electrons. The molecular weight excluding hydrogens is 373 g/mol. The van der Waals surface area contributed by atoms with Gasteiger partial charge in [0.25, 0.3) is 0 Å². The van der Waals surface area contributed by atoms with E-state index >= 15 is 0 Å². The molecule has 0 spiro atoms. The Kier molecular flexibility index (Phi) is 6.81. The van der Waals surface area contributed by atoms with Gasteiger partial charge in [0.2, 0.25) is 16.2 Å². The molecule has 0 aliphatic carbocycles. The Labute approximate surface area is 161 Å². The van der Waals surface area contributed by atoms with Crippen molar-refractivity contribution in [1.82, 2.24) is 14.3 Å². The lowest BCUT2D eigenvalue weighted by atomic mass is 10.2. The predicted molar refractivity (Wildman–Crippen MR) is 105 cm³/mol. The number of piperazine rings is 1. The molecule has 1 aliphatic rings. The summed E-state index contributed by atoms with van der Waals surface area (Å²) >= 11 is 2.82. The summed E-state index contributed by atoms with van der Waals surface area (Å²) in [6.07, 6.45) is 1.06. The summed E-state index contributed by atoms with van der Waals surface area (Å²) < 4.78 is 17.3. The lowest BCUT2D eigenvalue weighted by Gasteiger charge is -2.35. The number of aromatic nitrogens is 2. The van der Waals surface area contributed by atoms with Crippen LogP contribution in [0.4, 0.5) is 15.2 Å². The minimum Gasteiger partial charge on any atom is -0.369 e. The monoisotopic (exact) mass is 395 g/mol. The van der Waals surface area contributed by atoms with Gasteiger partial charge in [-0.3, -0.25) is 15.0 Å². The molecule has 26 heavy (non-hydrogen) atoms. The van der Waals surface area contributed by atoms with Gasteiger partial charge in [-0.1, -0.05) is 18.7 Å². The second-order valence-electron chi connectivity index (χ2n) is 6.02. The second-order valence-corrected chi connectivity index (χ2v) is 7.83. The first-order valence-electron chi connectivity index (χ1n) is 8.63. The summed E-state index contributed by atoms with van der Waals surface area (Å²) in [5, 5.41) is 4.11. The number of rotatable bonds is 7. The van der Waals surface area contributed by atoms with Crippen molar-refractivity contribution >= 4 is 40.0 Å². The number of thioether (sulfide) groups is 1. The lowest BCUT2D eigenvalue weighted by molar-refractivity contribution is -0.117. The number of amides is 1. The average Bonchev–Trinajstić information content (AvgIpc) is 3.08. The highest BCUT2D eigenvalue weighted by Crippen LogP contribution is 2.21. The summed E-state index contributed by atoms with van der Waals surface area (Å²) in [4.78, 5) is 20.9. The second kappa shape index (κ2) is 9.29.